The van der Waals surface area contributed by atoms with Crippen LogP contribution in [0.3, 0.4) is 0 Å². The summed E-state index contributed by atoms with van der Waals surface area (Å²) in [5.74, 6) is 0.186. The quantitative estimate of drug-likeness (QED) is 0.427. The molecule has 0 amide bonds. The lowest BCUT2D eigenvalue weighted by Crippen LogP contribution is -2.23. The largest absolute Gasteiger partial charge is 0.454 e. The van der Waals surface area contributed by atoms with Gasteiger partial charge in [-0.05, 0) is 55.5 Å². The van der Waals surface area contributed by atoms with E-state index in [9.17, 15) is 13.2 Å². The van der Waals surface area contributed by atoms with Crippen molar-refractivity contribution < 1.29 is 17.9 Å². The Balaban J connectivity index is 1.48. The molecule has 3 aromatic rings. The molecule has 1 aliphatic carbocycles. The number of aromatic nitrogens is 2. The summed E-state index contributed by atoms with van der Waals surface area (Å²) in [6.45, 7) is 1.87. The maximum atomic E-state index is 12.4. The average Bonchev–Trinajstić information content (AvgIpc) is 2.94. The number of carbonyl (C=O) groups is 1. The molecule has 0 saturated heterocycles. The molecule has 0 atom stereocenters. The third-order valence-corrected chi connectivity index (χ3v) is 7.95. The predicted molar refractivity (Wildman–Crippen MR) is 120 cm³/mol. The molecular formula is C21H24N4O4S2. The van der Waals surface area contributed by atoms with Crippen molar-refractivity contribution in [1.29, 1.82) is 0 Å². The van der Waals surface area contributed by atoms with E-state index in [1.165, 1.54) is 47.5 Å². The predicted octanol–water partition coefficient (Wildman–Crippen LogP) is 3.20. The molecule has 0 unspecified atom stereocenters. The highest BCUT2D eigenvalue weighted by Crippen LogP contribution is 2.37. The van der Waals surface area contributed by atoms with E-state index in [2.05, 4.69) is 14.7 Å². The van der Waals surface area contributed by atoms with Crippen LogP contribution in [0.5, 0.6) is 0 Å². The topological polar surface area (TPSA) is 124 Å². The number of sulfonamides is 1. The molecule has 1 aliphatic rings. The number of benzene rings is 1. The Morgan fingerprint density at radius 1 is 1.16 bits per heavy atom. The lowest BCUT2D eigenvalue weighted by atomic mass is 10.1. The zero-order chi connectivity index (χ0) is 22.0. The van der Waals surface area contributed by atoms with Crippen molar-refractivity contribution in [2.75, 3.05) is 12.3 Å². The first kappa shape index (κ1) is 21.7. The van der Waals surface area contributed by atoms with Gasteiger partial charge in [0, 0.05) is 11.4 Å². The minimum absolute atomic E-state index is 0.0879. The number of nitrogens with two attached hydrogens (primary N) is 1. The van der Waals surface area contributed by atoms with Crippen LogP contribution in [-0.4, -0.2) is 30.9 Å². The van der Waals surface area contributed by atoms with Crippen LogP contribution in [0.15, 0.2) is 29.2 Å². The smallest absolute Gasteiger partial charge is 0.338 e. The summed E-state index contributed by atoms with van der Waals surface area (Å²) in [5.41, 5.74) is 7.74. The number of hydrogen-bond donors (Lipinski definition) is 2. The fourth-order valence-corrected chi connectivity index (χ4v) is 6.06. The first-order valence-corrected chi connectivity index (χ1v) is 12.5. The monoisotopic (exact) mass is 460 g/mol. The summed E-state index contributed by atoms with van der Waals surface area (Å²) in [7, 11) is -3.57. The van der Waals surface area contributed by atoms with Crippen molar-refractivity contribution in [2.24, 2.45) is 0 Å². The summed E-state index contributed by atoms with van der Waals surface area (Å²) in [6, 6.07) is 5.57. The molecule has 31 heavy (non-hydrogen) atoms. The van der Waals surface area contributed by atoms with Gasteiger partial charge >= 0.3 is 5.97 Å². The van der Waals surface area contributed by atoms with Crippen LogP contribution < -0.4 is 10.5 Å². The molecule has 0 radical (unpaired) electrons. The SMILES string of the molecule is CCNS(=O)(=O)c1ccc(C(=O)OCc2nc(N)c3c4c(sc3n2)CCCCC4)cc1. The maximum Gasteiger partial charge on any atom is 0.338 e. The highest BCUT2D eigenvalue weighted by atomic mass is 32.2. The number of fused-ring (bicyclic) bond motifs is 3. The molecule has 8 nitrogen and oxygen atoms in total. The molecule has 2 heterocycles. The zero-order valence-electron chi connectivity index (χ0n) is 17.2. The standard InChI is InChI=1S/C21H24N4O4S2/c1-2-23-31(27,28)14-10-8-13(9-11-14)21(26)29-12-17-24-19(22)18-15-6-4-3-5-7-16(15)30-20(18)25-17/h8-11,23H,2-7,12H2,1H3,(H2,22,24,25). The normalized spacial score (nSPS) is 14.2. The molecule has 4 rings (SSSR count). The van der Waals surface area contributed by atoms with Crippen molar-refractivity contribution >= 4 is 43.4 Å². The van der Waals surface area contributed by atoms with Crippen molar-refractivity contribution in [1.82, 2.24) is 14.7 Å². The number of esters is 1. The molecule has 0 saturated carbocycles. The molecule has 0 bridgehead atoms. The second-order valence-electron chi connectivity index (χ2n) is 7.37. The molecule has 1 aromatic carbocycles. The summed E-state index contributed by atoms with van der Waals surface area (Å²) in [4.78, 5) is 23.6. The minimum Gasteiger partial charge on any atom is -0.454 e. The van der Waals surface area contributed by atoms with Gasteiger partial charge < -0.3 is 10.5 Å². The Morgan fingerprint density at radius 3 is 2.65 bits per heavy atom. The molecule has 2 aromatic heterocycles. The number of ether oxygens (including phenoxy) is 1. The van der Waals surface area contributed by atoms with Crippen LogP contribution in [-0.2, 0) is 34.2 Å². The Kier molecular flexibility index (Phi) is 6.22. The van der Waals surface area contributed by atoms with Gasteiger partial charge in [-0.3, -0.25) is 0 Å². The van der Waals surface area contributed by atoms with Gasteiger partial charge in [0.25, 0.3) is 0 Å². The van der Waals surface area contributed by atoms with Crippen LogP contribution in [0, 0.1) is 0 Å². The summed E-state index contributed by atoms with van der Waals surface area (Å²) < 4.78 is 31.7. The fraction of sp³-hybridized carbons (Fsp3) is 0.381. The fourth-order valence-electron chi connectivity index (χ4n) is 3.73. The van der Waals surface area contributed by atoms with Crippen molar-refractivity contribution in [3.05, 3.63) is 46.1 Å². The van der Waals surface area contributed by atoms with Gasteiger partial charge in [0.15, 0.2) is 12.4 Å². The summed E-state index contributed by atoms with van der Waals surface area (Å²) >= 11 is 1.65. The van der Waals surface area contributed by atoms with Gasteiger partial charge in [-0.1, -0.05) is 13.3 Å². The molecule has 10 heteroatoms. The number of aryl methyl sites for hydroxylation is 2. The van der Waals surface area contributed by atoms with Crippen molar-refractivity contribution in [3.8, 4) is 0 Å². The van der Waals surface area contributed by atoms with E-state index in [0.717, 1.165) is 29.5 Å². The number of hydrogen-bond acceptors (Lipinski definition) is 8. The molecule has 0 fully saturated rings. The Morgan fingerprint density at radius 2 is 1.90 bits per heavy atom. The second kappa shape index (κ2) is 8.89. The molecule has 0 spiro atoms. The number of nitrogen functional groups attached to an aromatic ring is 1. The first-order chi connectivity index (χ1) is 14.9. The molecular weight excluding hydrogens is 436 g/mol. The number of nitrogens with zero attached hydrogens (tertiary/aromatic N) is 2. The lowest BCUT2D eigenvalue weighted by Gasteiger charge is -2.07. The van der Waals surface area contributed by atoms with Gasteiger partial charge in [0.1, 0.15) is 10.6 Å². The van der Waals surface area contributed by atoms with E-state index < -0.39 is 16.0 Å². The third kappa shape index (κ3) is 4.56. The maximum absolute atomic E-state index is 12.4. The Bertz CT molecular complexity index is 1220. The van der Waals surface area contributed by atoms with Gasteiger partial charge in [-0.2, -0.15) is 0 Å². The van der Waals surface area contributed by atoms with Crippen LogP contribution in [0.4, 0.5) is 5.82 Å². The van der Waals surface area contributed by atoms with Crippen LogP contribution >= 0.6 is 11.3 Å². The average molecular weight is 461 g/mol. The first-order valence-electron chi connectivity index (χ1n) is 10.2. The minimum atomic E-state index is -3.57. The molecule has 0 aliphatic heterocycles. The zero-order valence-corrected chi connectivity index (χ0v) is 18.8. The van der Waals surface area contributed by atoms with Gasteiger partial charge in [0.05, 0.1) is 15.8 Å². The number of nitrogens with one attached hydrogen (secondary N) is 1. The summed E-state index contributed by atoms with van der Waals surface area (Å²) in [6.07, 6.45) is 5.58. The summed E-state index contributed by atoms with van der Waals surface area (Å²) in [5, 5.41) is 0.939. The second-order valence-corrected chi connectivity index (χ2v) is 10.2. The van der Waals surface area contributed by atoms with Crippen LogP contribution in [0.1, 0.15) is 52.8 Å². The highest BCUT2D eigenvalue weighted by molar-refractivity contribution is 7.89. The van der Waals surface area contributed by atoms with Crippen LogP contribution in [0.2, 0.25) is 0 Å². The van der Waals surface area contributed by atoms with E-state index in [1.807, 2.05) is 0 Å². The van der Waals surface area contributed by atoms with E-state index >= 15 is 0 Å². The van der Waals surface area contributed by atoms with Gasteiger partial charge in [-0.25, -0.2) is 27.9 Å². The number of thiophene rings is 1. The van der Waals surface area contributed by atoms with E-state index in [0.29, 0.717) is 11.6 Å². The van der Waals surface area contributed by atoms with Crippen molar-refractivity contribution in [3.63, 3.8) is 0 Å². The lowest BCUT2D eigenvalue weighted by molar-refractivity contribution is 0.0462. The van der Waals surface area contributed by atoms with E-state index in [1.54, 1.807) is 18.3 Å². The van der Waals surface area contributed by atoms with Crippen molar-refractivity contribution in [2.45, 2.75) is 50.5 Å². The molecule has 164 valence electrons. The number of rotatable bonds is 6. The van der Waals surface area contributed by atoms with E-state index in [4.69, 9.17) is 10.5 Å². The Labute approximate surface area is 184 Å². The molecule has 3 N–H and O–H groups in total. The number of carbonyl (C=O) groups excluding carboxylic acids is 1. The number of anilines is 1. The Hall–Kier alpha value is -2.56. The highest BCUT2D eigenvalue weighted by Gasteiger charge is 2.20. The third-order valence-electron chi connectivity index (χ3n) is 5.21. The van der Waals surface area contributed by atoms with Crippen LogP contribution in [0.25, 0.3) is 10.2 Å². The van der Waals surface area contributed by atoms with Gasteiger partial charge in [-0.15, -0.1) is 11.3 Å². The van der Waals surface area contributed by atoms with E-state index in [-0.39, 0.29) is 23.6 Å². The van der Waals surface area contributed by atoms with Gasteiger partial charge in [0.2, 0.25) is 10.0 Å².